The molecule has 1 aromatic carbocycles. The number of ether oxygens (including phenoxy) is 1. The van der Waals surface area contributed by atoms with E-state index in [0.29, 0.717) is 17.1 Å². The van der Waals surface area contributed by atoms with E-state index in [1.807, 2.05) is 0 Å². The Morgan fingerprint density at radius 3 is 2.49 bits per heavy atom. The molecule has 1 N–H and O–H groups in total. The molecular formula is C23H20F5N3O3S. The highest BCUT2D eigenvalue weighted by Crippen LogP contribution is 2.45. The minimum atomic E-state index is -4.72. The Kier molecular flexibility index (Phi) is 5.98. The van der Waals surface area contributed by atoms with Crippen LogP contribution in [-0.4, -0.2) is 38.8 Å². The van der Waals surface area contributed by atoms with Crippen molar-refractivity contribution in [2.45, 2.75) is 45.4 Å². The van der Waals surface area contributed by atoms with Gasteiger partial charge in [0, 0.05) is 29.3 Å². The van der Waals surface area contributed by atoms with Crippen LogP contribution in [0.4, 0.5) is 22.0 Å². The smallest absolute Gasteiger partial charge is 0.436 e. The van der Waals surface area contributed by atoms with Crippen LogP contribution in [0.25, 0.3) is 15.8 Å². The van der Waals surface area contributed by atoms with Crippen LogP contribution in [0.15, 0.2) is 24.4 Å². The van der Waals surface area contributed by atoms with Crippen molar-refractivity contribution in [1.82, 2.24) is 14.3 Å². The van der Waals surface area contributed by atoms with Gasteiger partial charge in [0.1, 0.15) is 0 Å². The number of carbonyl (C=O) groups excluding carboxylic acids is 2. The number of aromatic nitrogens is 2. The monoisotopic (exact) mass is 513 g/mol. The second kappa shape index (κ2) is 8.43. The predicted octanol–water partition coefficient (Wildman–Crippen LogP) is 5.65. The summed E-state index contributed by atoms with van der Waals surface area (Å²) in [5.41, 5.74) is -2.24. The topological polar surface area (TPSA) is 75.3 Å². The number of esters is 1. The van der Waals surface area contributed by atoms with Crippen molar-refractivity contribution in [1.29, 1.82) is 0 Å². The van der Waals surface area contributed by atoms with E-state index >= 15 is 0 Å². The number of nitrogens with one attached hydrogen (secondary N) is 1. The van der Waals surface area contributed by atoms with E-state index in [4.69, 9.17) is 4.74 Å². The number of amides is 1. The van der Waals surface area contributed by atoms with Crippen molar-refractivity contribution in [2.75, 3.05) is 6.54 Å². The van der Waals surface area contributed by atoms with Gasteiger partial charge < -0.3 is 14.6 Å². The van der Waals surface area contributed by atoms with Crippen LogP contribution in [0.2, 0.25) is 0 Å². The van der Waals surface area contributed by atoms with E-state index in [-0.39, 0.29) is 33.6 Å². The molecule has 0 fully saturated rings. The van der Waals surface area contributed by atoms with Gasteiger partial charge in [0.25, 0.3) is 5.91 Å². The fourth-order valence-corrected chi connectivity index (χ4v) is 5.13. The maximum Gasteiger partial charge on any atom is 0.436 e. The van der Waals surface area contributed by atoms with E-state index in [1.165, 1.54) is 6.20 Å². The first kappa shape index (κ1) is 24.8. The summed E-state index contributed by atoms with van der Waals surface area (Å²) in [4.78, 5) is 30.1. The van der Waals surface area contributed by atoms with Crippen LogP contribution >= 0.6 is 11.5 Å². The number of hydrogen-bond acceptors (Lipinski definition) is 5. The highest BCUT2D eigenvalue weighted by molar-refractivity contribution is 7.13. The highest BCUT2D eigenvalue weighted by atomic mass is 32.1. The van der Waals surface area contributed by atoms with Crippen molar-refractivity contribution in [3.8, 4) is 0 Å². The summed E-state index contributed by atoms with van der Waals surface area (Å²) < 4.78 is 76.9. The fraction of sp³-hybridized carbons (Fsp3) is 0.348. The van der Waals surface area contributed by atoms with Crippen LogP contribution < -0.4 is 0 Å². The number of rotatable bonds is 3. The van der Waals surface area contributed by atoms with Gasteiger partial charge in [-0.25, -0.2) is 13.6 Å². The standard InChI is InChI=1S/C23H20F5N3O3S/c1-10(2)34-21(33)12-8-31(20(32)11-5-6-13(24)14(25)7-11)9-22(3,4)15-16(12)29-17-18(15)35-30-19(17)23(26,27)28/h5-8,10,29H,9H2,1-4H3. The first-order valence-corrected chi connectivity index (χ1v) is 11.3. The zero-order valence-corrected chi connectivity index (χ0v) is 19.8. The Balaban J connectivity index is 1.92. The lowest BCUT2D eigenvalue weighted by molar-refractivity contribution is -0.140. The molecule has 0 bridgehead atoms. The number of aromatic amines is 1. The number of fused-ring (bicyclic) bond motifs is 3. The van der Waals surface area contributed by atoms with Gasteiger partial charge in [-0.05, 0) is 43.6 Å². The minimum Gasteiger partial charge on any atom is -0.459 e. The van der Waals surface area contributed by atoms with Gasteiger partial charge in [0.15, 0.2) is 17.3 Å². The molecule has 0 aliphatic carbocycles. The summed E-state index contributed by atoms with van der Waals surface area (Å²) >= 11 is 0.636. The van der Waals surface area contributed by atoms with Crippen LogP contribution in [-0.2, 0) is 21.1 Å². The second-order valence-electron chi connectivity index (χ2n) is 9.05. The van der Waals surface area contributed by atoms with Gasteiger partial charge in [-0.2, -0.15) is 17.5 Å². The van der Waals surface area contributed by atoms with E-state index in [1.54, 1.807) is 27.7 Å². The second-order valence-corrected chi connectivity index (χ2v) is 9.82. The van der Waals surface area contributed by atoms with E-state index in [0.717, 1.165) is 23.1 Å². The highest BCUT2D eigenvalue weighted by Gasteiger charge is 2.42. The van der Waals surface area contributed by atoms with E-state index in [9.17, 15) is 31.5 Å². The Morgan fingerprint density at radius 1 is 1.20 bits per heavy atom. The molecule has 0 atom stereocenters. The summed E-state index contributed by atoms with van der Waals surface area (Å²) in [6, 6.07) is 2.66. The maximum atomic E-state index is 13.8. The summed E-state index contributed by atoms with van der Waals surface area (Å²) in [7, 11) is 0. The van der Waals surface area contributed by atoms with Gasteiger partial charge >= 0.3 is 12.1 Å². The molecule has 3 heterocycles. The Bertz CT molecular complexity index is 1370. The molecule has 0 unspecified atom stereocenters. The van der Waals surface area contributed by atoms with Crippen molar-refractivity contribution < 1.29 is 36.3 Å². The molecule has 0 saturated carbocycles. The number of H-pyrrole nitrogens is 1. The van der Waals surface area contributed by atoms with Gasteiger partial charge in [-0.15, -0.1) is 0 Å². The van der Waals surface area contributed by atoms with E-state index < -0.39 is 46.9 Å². The number of nitrogens with zero attached hydrogens (tertiary/aromatic N) is 2. The molecule has 1 aliphatic rings. The van der Waals surface area contributed by atoms with Gasteiger partial charge in [0.05, 0.1) is 27.6 Å². The van der Waals surface area contributed by atoms with E-state index in [2.05, 4.69) is 9.36 Å². The molecule has 0 saturated heterocycles. The summed E-state index contributed by atoms with van der Waals surface area (Å²) in [6.45, 7) is 6.51. The fourth-order valence-electron chi connectivity index (χ4n) is 4.05. The van der Waals surface area contributed by atoms with Crippen LogP contribution in [0.1, 0.15) is 55.0 Å². The Morgan fingerprint density at radius 2 is 1.89 bits per heavy atom. The molecule has 3 aromatic rings. The Hall–Kier alpha value is -3.28. The van der Waals surface area contributed by atoms with Crippen molar-refractivity contribution >= 4 is 39.2 Å². The quantitative estimate of drug-likeness (QED) is 0.363. The molecule has 186 valence electrons. The lowest BCUT2D eigenvalue weighted by Crippen LogP contribution is -2.37. The first-order valence-electron chi connectivity index (χ1n) is 10.5. The average Bonchev–Trinajstić information content (AvgIpc) is 3.27. The summed E-state index contributed by atoms with van der Waals surface area (Å²) in [5.74, 6) is -3.94. The number of benzene rings is 1. The lowest BCUT2D eigenvalue weighted by Gasteiger charge is -2.29. The SMILES string of the molecule is CC(C)OC(=O)C1=CN(C(=O)c2ccc(F)c(F)c2)CC(C)(C)c2c1[nH]c1c(C(F)(F)F)nsc21. The zero-order valence-electron chi connectivity index (χ0n) is 19.0. The molecule has 12 heteroatoms. The number of hydrogen-bond donors (Lipinski definition) is 1. The number of carbonyl (C=O) groups is 2. The molecule has 6 nitrogen and oxygen atoms in total. The summed E-state index contributed by atoms with van der Waals surface area (Å²) in [6.07, 6.45) is -4.10. The maximum absolute atomic E-state index is 13.8. The van der Waals surface area contributed by atoms with Crippen molar-refractivity contribution in [3.63, 3.8) is 0 Å². The third-order valence-corrected chi connectivity index (χ3v) is 6.34. The largest absolute Gasteiger partial charge is 0.459 e. The number of halogens is 5. The van der Waals surface area contributed by atoms with Crippen molar-refractivity contribution in [3.05, 3.63) is 58.5 Å². The van der Waals surface area contributed by atoms with Gasteiger partial charge in [-0.3, -0.25) is 4.79 Å². The molecular weight excluding hydrogens is 493 g/mol. The molecule has 0 radical (unpaired) electrons. The number of alkyl halides is 3. The predicted molar refractivity (Wildman–Crippen MR) is 119 cm³/mol. The molecule has 35 heavy (non-hydrogen) atoms. The third-order valence-electron chi connectivity index (χ3n) is 5.47. The Labute approximate surface area is 200 Å². The molecule has 2 aromatic heterocycles. The van der Waals surface area contributed by atoms with Gasteiger partial charge in [-0.1, -0.05) is 13.8 Å². The first-order chi connectivity index (χ1) is 16.2. The van der Waals surface area contributed by atoms with Crippen LogP contribution in [0, 0.1) is 11.6 Å². The van der Waals surface area contributed by atoms with Crippen molar-refractivity contribution in [2.24, 2.45) is 0 Å². The minimum absolute atomic E-state index is 0.0791. The van der Waals surface area contributed by atoms with Crippen LogP contribution in [0.3, 0.4) is 0 Å². The molecule has 1 amide bonds. The van der Waals surface area contributed by atoms with Gasteiger partial charge in [0.2, 0.25) is 0 Å². The molecule has 4 rings (SSSR count). The summed E-state index contributed by atoms with van der Waals surface area (Å²) in [5, 5.41) is 0. The average molecular weight is 513 g/mol. The third kappa shape index (κ3) is 4.42. The molecule has 0 spiro atoms. The van der Waals surface area contributed by atoms with Crippen LogP contribution in [0.5, 0.6) is 0 Å². The normalized spacial score (nSPS) is 15.7. The lowest BCUT2D eigenvalue weighted by atomic mass is 9.83. The zero-order chi connectivity index (χ0) is 25.9. The molecule has 1 aliphatic heterocycles.